The van der Waals surface area contributed by atoms with Crippen LogP contribution in [0.3, 0.4) is 0 Å². The minimum atomic E-state index is -1.44. The van der Waals surface area contributed by atoms with E-state index in [9.17, 15) is 8.78 Å². The highest BCUT2D eigenvalue weighted by atomic mass is 35.5. The standard InChI is InChI=1S/C4H5ClF2O/c1-2-8-4(7)3(5)6/h2H2,1H3. The molecule has 1 nitrogen and oxygen atoms in total. The number of hydrogen-bond acceptors (Lipinski definition) is 1. The normalized spacial score (nSPS) is 13.0. The molecule has 0 N–H and O–H groups in total. The molecule has 0 unspecified atom stereocenters. The molecule has 0 aromatic heterocycles. The minimum absolute atomic E-state index is 0.0754. The van der Waals surface area contributed by atoms with Crippen LogP contribution in [0, 0.1) is 0 Å². The summed E-state index contributed by atoms with van der Waals surface area (Å²) in [6.07, 6.45) is 0. The second-order valence-electron chi connectivity index (χ2n) is 0.967. The average Bonchev–Trinajstić information content (AvgIpc) is 1.67. The van der Waals surface area contributed by atoms with Crippen LogP contribution in [0.15, 0.2) is 11.3 Å². The van der Waals surface area contributed by atoms with Crippen molar-refractivity contribution in [3.63, 3.8) is 0 Å². The second-order valence-corrected chi connectivity index (χ2v) is 1.30. The fourth-order valence-electron chi connectivity index (χ4n) is 0.181. The van der Waals surface area contributed by atoms with Gasteiger partial charge in [0.25, 0.3) is 5.29 Å². The molecule has 0 radical (unpaired) electrons. The summed E-state index contributed by atoms with van der Waals surface area (Å²) in [5, 5.41) is -1.44. The van der Waals surface area contributed by atoms with Gasteiger partial charge in [-0.15, -0.1) is 0 Å². The lowest BCUT2D eigenvalue weighted by Gasteiger charge is -1.94. The Kier molecular flexibility index (Phi) is 3.52. The van der Waals surface area contributed by atoms with Gasteiger partial charge in [0.05, 0.1) is 6.61 Å². The molecule has 0 rings (SSSR count). The molecule has 0 amide bonds. The summed E-state index contributed by atoms with van der Waals surface area (Å²) in [5.74, 6) is 0. The molecule has 0 bridgehead atoms. The SMILES string of the molecule is CCOC(F)=C(F)Cl. The summed E-state index contributed by atoms with van der Waals surface area (Å²) < 4.78 is 27.1. The Labute approximate surface area is 50.9 Å². The predicted octanol–water partition coefficient (Wildman–Crippen LogP) is 2.33. The molecule has 0 aliphatic heterocycles. The van der Waals surface area contributed by atoms with Crippen molar-refractivity contribution in [2.45, 2.75) is 6.92 Å². The molecule has 0 aromatic carbocycles. The van der Waals surface area contributed by atoms with Crippen LogP contribution in [0.4, 0.5) is 8.78 Å². The Hall–Kier alpha value is -0.310. The zero-order valence-electron chi connectivity index (χ0n) is 4.25. The molecular formula is C4H5ClF2O. The molecule has 0 heterocycles. The molecule has 0 saturated heterocycles. The molecule has 48 valence electrons. The minimum Gasteiger partial charge on any atom is -0.468 e. The first-order valence-corrected chi connectivity index (χ1v) is 2.39. The van der Waals surface area contributed by atoms with Gasteiger partial charge in [0.1, 0.15) is 0 Å². The molecule has 0 aromatic rings. The van der Waals surface area contributed by atoms with Crippen molar-refractivity contribution in [2.75, 3.05) is 6.61 Å². The first kappa shape index (κ1) is 7.69. The van der Waals surface area contributed by atoms with Crippen molar-refractivity contribution in [1.82, 2.24) is 0 Å². The van der Waals surface area contributed by atoms with Crippen molar-refractivity contribution >= 4 is 11.6 Å². The Morgan fingerprint density at radius 2 is 2.12 bits per heavy atom. The smallest absolute Gasteiger partial charge is 0.321 e. The summed E-state index contributed by atoms with van der Waals surface area (Å²) in [4.78, 5) is 0. The topological polar surface area (TPSA) is 9.23 Å². The number of rotatable bonds is 2. The Morgan fingerprint density at radius 1 is 1.62 bits per heavy atom. The van der Waals surface area contributed by atoms with Crippen LogP contribution >= 0.6 is 11.6 Å². The van der Waals surface area contributed by atoms with E-state index in [0.717, 1.165) is 0 Å². The van der Waals surface area contributed by atoms with E-state index in [1.54, 1.807) is 0 Å². The van der Waals surface area contributed by atoms with Crippen LogP contribution in [0.1, 0.15) is 6.92 Å². The third kappa shape index (κ3) is 2.80. The number of halogens is 3. The lowest BCUT2D eigenvalue weighted by Crippen LogP contribution is -1.84. The van der Waals surface area contributed by atoms with Gasteiger partial charge in [0.2, 0.25) is 0 Å². The van der Waals surface area contributed by atoms with Gasteiger partial charge in [-0.3, -0.25) is 0 Å². The predicted molar refractivity (Wildman–Crippen MR) is 26.7 cm³/mol. The van der Waals surface area contributed by atoms with Crippen molar-refractivity contribution in [1.29, 1.82) is 0 Å². The highest BCUT2D eigenvalue weighted by molar-refractivity contribution is 6.28. The van der Waals surface area contributed by atoms with Gasteiger partial charge in [-0.05, 0) is 18.5 Å². The van der Waals surface area contributed by atoms with E-state index < -0.39 is 11.3 Å². The summed E-state index contributed by atoms with van der Waals surface area (Å²) in [6, 6.07) is -1.35. The number of ether oxygens (including phenoxy) is 1. The van der Waals surface area contributed by atoms with E-state index in [2.05, 4.69) is 16.3 Å². The van der Waals surface area contributed by atoms with Crippen LogP contribution in [-0.4, -0.2) is 6.61 Å². The zero-order chi connectivity index (χ0) is 6.57. The van der Waals surface area contributed by atoms with Gasteiger partial charge in [-0.25, -0.2) is 0 Å². The van der Waals surface area contributed by atoms with Crippen LogP contribution in [0.25, 0.3) is 0 Å². The van der Waals surface area contributed by atoms with Crippen molar-refractivity contribution in [3.8, 4) is 0 Å². The molecular weight excluding hydrogens is 137 g/mol. The average molecular weight is 143 g/mol. The molecule has 8 heavy (non-hydrogen) atoms. The highest BCUT2D eigenvalue weighted by Gasteiger charge is 2.00. The fourth-order valence-corrected chi connectivity index (χ4v) is 0.236. The molecule has 0 aliphatic carbocycles. The van der Waals surface area contributed by atoms with Crippen molar-refractivity contribution in [3.05, 3.63) is 11.3 Å². The van der Waals surface area contributed by atoms with Gasteiger partial charge in [-0.2, -0.15) is 8.78 Å². The third-order valence-electron chi connectivity index (χ3n) is 0.420. The molecule has 0 atom stereocenters. The maximum atomic E-state index is 11.7. The summed E-state index contributed by atoms with van der Waals surface area (Å²) in [7, 11) is 0. The molecule has 4 heteroatoms. The largest absolute Gasteiger partial charge is 0.468 e. The maximum absolute atomic E-state index is 11.7. The van der Waals surface area contributed by atoms with Gasteiger partial charge < -0.3 is 4.74 Å². The first-order chi connectivity index (χ1) is 3.68. The molecule has 0 fully saturated rings. The monoisotopic (exact) mass is 142 g/mol. The van der Waals surface area contributed by atoms with Gasteiger partial charge in [0.15, 0.2) is 0 Å². The highest BCUT2D eigenvalue weighted by Crippen LogP contribution is 2.12. The number of hydrogen-bond donors (Lipinski definition) is 0. The van der Waals surface area contributed by atoms with Crippen LogP contribution in [0.5, 0.6) is 0 Å². The van der Waals surface area contributed by atoms with Gasteiger partial charge in [-0.1, -0.05) is 0 Å². The maximum Gasteiger partial charge on any atom is 0.321 e. The first-order valence-electron chi connectivity index (χ1n) is 2.02. The Balaban J connectivity index is 3.62. The lowest BCUT2D eigenvalue weighted by atomic mass is 10.8. The quantitative estimate of drug-likeness (QED) is 0.538. The molecule has 0 saturated carbocycles. The molecule has 0 spiro atoms. The van der Waals surface area contributed by atoms with E-state index in [-0.39, 0.29) is 6.61 Å². The van der Waals surface area contributed by atoms with E-state index in [1.165, 1.54) is 6.92 Å². The van der Waals surface area contributed by atoms with E-state index in [1.807, 2.05) is 0 Å². The zero-order valence-corrected chi connectivity index (χ0v) is 5.01. The second kappa shape index (κ2) is 3.66. The summed E-state index contributed by atoms with van der Waals surface area (Å²) >= 11 is 4.52. The van der Waals surface area contributed by atoms with Gasteiger partial charge >= 0.3 is 6.01 Å². The van der Waals surface area contributed by atoms with Crippen LogP contribution in [0.2, 0.25) is 0 Å². The lowest BCUT2D eigenvalue weighted by molar-refractivity contribution is 0.149. The van der Waals surface area contributed by atoms with E-state index in [4.69, 9.17) is 0 Å². The summed E-state index contributed by atoms with van der Waals surface area (Å²) in [5.41, 5.74) is 0. The van der Waals surface area contributed by atoms with E-state index in [0.29, 0.717) is 0 Å². The third-order valence-corrected chi connectivity index (χ3v) is 0.568. The van der Waals surface area contributed by atoms with Crippen LogP contribution in [-0.2, 0) is 4.74 Å². The van der Waals surface area contributed by atoms with Gasteiger partial charge in [0, 0.05) is 0 Å². The Bertz CT molecular complexity index is 98.2. The van der Waals surface area contributed by atoms with Crippen molar-refractivity contribution in [2.24, 2.45) is 0 Å². The summed E-state index contributed by atoms with van der Waals surface area (Å²) in [6.45, 7) is 1.60. The van der Waals surface area contributed by atoms with E-state index >= 15 is 0 Å². The fraction of sp³-hybridized carbons (Fsp3) is 0.500. The van der Waals surface area contributed by atoms with Crippen molar-refractivity contribution < 1.29 is 13.5 Å². The Morgan fingerprint density at radius 3 is 2.25 bits per heavy atom. The molecule has 0 aliphatic rings. The van der Waals surface area contributed by atoms with Crippen LogP contribution < -0.4 is 0 Å².